The van der Waals surface area contributed by atoms with E-state index in [0.29, 0.717) is 0 Å². The molecule has 1 aliphatic carbocycles. The normalized spacial score (nSPS) is 15.6. The van der Waals surface area contributed by atoms with Crippen molar-refractivity contribution < 1.29 is 14.8 Å². The summed E-state index contributed by atoms with van der Waals surface area (Å²) in [6.07, 6.45) is 5.32. The van der Waals surface area contributed by atoms with Gasteiger partial charge in [-0.15, -0.1) is 0 Å². The molecule has 0 radical (unpaired) electrons. The third-order valence-electron chi connectivity index (χ3n) is 3.38. The summed E-state index contributed by atoms with van der Waals surface area (Å²) in [7, 11) is 0. The van der Waals surface area contributed by atoms with Gasteiger partial charge in [-0.05, 0) is 18.9 Å². The molecule has 0 heterocycles. The van der Waals surface area contributed by atoms with Crippen LogP contribution in [0.15, 0.2) is 18.2 Å². The van der Waals surface area contributed by atoms with Crippen molar-refractivity contribution >= 4 is 17.4 Å². The Morgan fingerprint density at radius 2 is 2.00 bits per heavy atom. The second kappa shape index (κ2) is 6.23. The maximum Gasteiger partial charge on any atom is 0.319 e. The molecular formula is C13H17N3O4. The summed E-state index contributed by atoms with van der Waals surface area (Å²) < 4.78 is 0. The second-order valence-electron chi connectivity index (χ2n) is 4.89. The Bertz CT molecular complexity index is 512. The fourth-order valence-corrected chi connectivity index (χ4v) is 2.33. The van der Waals surface area contributed by atoms with Gasteiger partial charge in [0.1, 0.15) is 5.75 Å². The van der Waals surface area contributed by atoms with Gasteiger partial charge in [-0.1, -0.05) is 19.3 Å². The van der Waals surface area contributed by atoms with Crippen LogP contribution in [-0.2, 0) is 0 Å². The molecule has 7 nitrogen and oxygen atoms in total. The van der Waals surface area contributed by atoms with Crippen molar-refractivity contribution in [2.24, 2.45) is 0 Å². The lowest BCUT2D eigenvalue weighted by molar-refractivity contribution is -0.384. The van der Waals surface area contributed by atoms with Gasteiger partial charge in [0.25, 0.3) is 5.69 Å². The summed E-state index contributed by atoms with van der Waals surface area (Å²) in [5.74, 6) is -0.321. The number of nitro benzene ring substituents is 1. The molecule has 0 spiro atoms. The van der Waals surface area contributed by atoms with E-state index < -0.39 is 11.0 Å². The van der Waals surface area contributed by atoms with E-state index in [1.165, 1.54) is 18.6 Å². The molecule has 0 aromatic heterocycles. The molecule has 1 aliphatic rings. The number of carbonyl (C=O) groups is 1. The van der Waals surface area contributed by atoms with Gasteiger partial charge in [0.15, 0.2) is 0 Å². The van der Waals surface area contributed by atoms with E-state index in [0.717, 1.165) is 31.7 Å². The first-order chi connectivity index (χ1) is 9.56. The van der Waals surface area contributed by atoms with Gasteiger partial charge in [-0.3, -0.25) is 10.1 Å². The minimum atomic E-state index is -0.606. The molecule has 3 N–H and O–H groups in total. The van der Waals surface area contributed by atoms with E-state index in [-0.39, 0.29) is 23.2 Å². The van der Waals surface area contributed by atoms with Crippen LogP contribution in [0.4, 0.5) is 16.2 Å². The molecule has 0 aliphatic heterocycles. The Morgan fingerprint density at radius 3 is 2.60 bits per heavy atom. The fourth-order valence-electron chi connectivity index (χ4n) is 2.33. The number of phenolic OH excluding ortho intramolecular Hbond substituents is 1. The predicted molar refractivity (Wildman–Crippen MR) is 73.8 cm³/mol. The van der Waals surface area contributed by atoms with Crippen LogP contribution in [0.25, 0.3) is 0 Å². The zero-order valence-corrected chi connectivity index (χ0v) is 11.0. The van der Waals surface area contributed by atoms with Crippen LogP contribution in [-0.4, -0.2) is 22.1 Å². The summed E-state index contributed by atoms with van der Waals surface area (Å²) in [6, 6.07) is 3.31. The first kappa shape index (κ1) is 14.1. The van der Waals surface area contributed by atoms with Gasteiger partial charge in [0.2, 0.25) is 0 Å². The summed E-state index contributed by atoms with van der Waals surface area (Å²) >= 11 is 0. The predicted octanol–water partition coefficient (Wildman–Crippen LogP) is 2.75. The third-order valence-corrected chi connectivity index (χ3v) is 3.38. The van der Waals surface area contributed by atoms with Crippen LogP contribution in [0, 0.1) is 10.1 Å². The van der Waals surface area contributed by atoms with E-state index in [4.69, 9.17) is 0 Å². The quantitative estimate of drug-likeness (QED) is 0.449. The van der Waals surface area contributed by atoms with Crippen molar-refractivity contribution in [2.45, 2.75) is 38.1 Å². The molecule has 1 fully saturated rings. The molecule has 2 amide bonds. The number of hydrogen-bond donors (Lipinski definition) is 3. The highest BCUT2D eigenvalue weighted by molar-refractivity contribution is 5.91. The number of aromatic hydroxyl groups is 1. The number of nitrogens with zero attached hydrogens (tertiary/aromatic N) is 1. The van der Waals surface area contributed by atoms with Crippen LogP contribution in [0.1, 0.15) is 32.1 Å². The zero-order chi connectivity index (χ0) is 14.5. The highest BCUT2D eigenvalue weighted by atomic mass is 16.6. The van der Waals surface area contributed by atoms with Gasteiger partial charge < -0.3 is 15.7 Å². The highest BCUT2D eigenvalue weighted by Crippen LogP contribution is 2.27. The van der Waals surface area contributed by atoms with Crippen molar-refractivity contribution in [3.05, 3.63) is 28.3 Å². The van der Waals surface area contributed by atoms with Crippen molar-refractivity contribution in [1.29, 1.82) is 0 Å². The first-order valence-corrected chi connectivity index (χ1v) is 6.61. The number of amides is 2. The number of anilines is 1. The van der Waals surface area contributed by atoms with Gasteiger partial charge in [0.05, 0.1) is 16.7 Å². The number of phenols is 1. The molecule has 1 aromatic rings. The number of benzene rings is 1. The molecule has 108 valence electrons. The number of hydrogen-bond acceptors (Lipinski definition) is 4. The molecule has 1 aromatic carbocycles. The lowest BCUT2D eigenvalue weighted by Gasteiger charge is -2.22. The maximum atomic E-state index is 11.8. The van der Waals surface area contributed by atoms with E-state index in [9.17, 15) is 20.0 Å². The Kier molecular flexibility index (Phi) is 4.39. The van der Waals surface area contributed by atoms with Crippen molar-refractivity contribution in [1.82, 2.24) is 5.32 Å². The van der Waals surface area contributed by atoms with Crippen molar-refractivity contribution in [2.75, 3.05) is 5.32 Å². The Hall–Kier alpha value is -2.31. The lowest BCUT2D eigenvalue weighted by Crippen LogP contribution is -2.39. The zero-order valence-electron chi connectivity index (χ0n) is 11.0. The van der Waals surface area contributed by atoms with Crippen LogP contribution >= 0.6 is 0 Å². The third kappa shape index (κ3) is 3.59. The molecule has 20 heavy (non-hydrogen) atoms. The number of carbonyl (C=O) groups excluding carboxylic acids is 1. The maximum absolute atomic E-state index is 11.8. The molecular weight excluding hydrogens is 262 g/mol. The van der Waals surface area contributed by atoms with Gasteiger partial charge >= 0.3 is 6.03 Å². The first-order valence-electron chi connectivity index (χ1n) is 6.61. The average Bonchev–Trinajstić information content (AvgIpc) is 2.42. The minimum Gasteiger partial charge on any atom is -0.506 e. The summed E-state index contributed by atoms with van der Waals surface area (Å²) in [4.78, 5) is 21.7. The molecule has 0 saturated heterocycles. The monoisotopic (exact) mass is 279 g/mol. The molecule has 2 rings (SSSR count). The average molecular weight is 279 g/mol. The molecule has 0 unspecified atom stereocenters. The topological polar surface area (TPSA) is 104 Å². The van der Waals surface area contributed by atoms with Crippen LogP contribution in [0.5, 0.6) is 5.75 Å². The highest BCUT2D eigenvalue weighted by Gasteiger charge is 2.17. The second-order valence-corrected chi connectivity index (χ2v) is 4.89. The fraction of sp³-hybridized carbons (Fsp3) is 0.462. The van der Waals surface area contributed by atoms with Gasteiger partial charge in [-0.25, -0.2) is 4.79 Å². The largest absolute Gasteiger partial charge is 0.506 e. The molecule has 0 atom stereocenters. The lowest BCUT2D eigenvalue weighted by atomic mass is 9.96. The summed E-state index contributed by atoms with van der Waals surface area (Å²) in [5.41, 5.74) is -0.0651. The van der Waals surface area contributed by atoms with Gasteiger partial charge in [-0.2, -0.15) is 0 Å². The Balaban J connectivity index is 1.95. The number of urea groups is 1. The summed E-state index contributed by atoms with van der Waals surface area (Å²) in [6.45, 7) is 0. The number of non-ortho nitro benzene ring substituents is 1. The molecule has 0 bridgehead atoms. The van der Waals surface area contributed by atoms with Crippen LogP contribution in [0.3, 0.4) is 0 Å². The SMILES string of the molecule is O=C(Nc1ccc([N+](=O)[O-])cc1O)NC1CCCCC1. The standard InChI is InChI=1S/C13H17N3O4/c17-12-8-10(16(19)20)6-7-11(12)15-13(18)14-9-4-2-1-3-5-9/h6-9,17H,1-5H2,(H2,14,15,18). The van der Waals surface area contributed by atoms with Crippen LogP contribution in [0.2, 0.25) is 0 Å². The number of nitrogens with one attached hydrogen (secondary N) is 2. The molecule has 1 saturated carbocycles. The van der Waals surface area contributed by atoms with Gasteiger partial charge in [0, 0.05) is 12.1 Å². The molecule has 7 heteroatoms. The number of rotatable bonds is 3. The number of nitro groups is 1. The van der Waals surface area contributed by atoms with E-state index in [1.807, 2.05) is 0 Å². The van der Waals surface area contributed by atoms with E-state index in [1.54, 1.807) is 0 Å². The smallest absolute Gasteiger partial charge is 0.319 e. The van der Waals surface area contributed by atoms with Crippen molar-refractivity contribution in [3.8, 4) is 5.75 Å². The Morgan fingerprint density at radius 1 is 1.30 bits per heavy atom. The van der Waals surface area contributed by atoms with Crippen LogP contribution < -0.4 is 10.6 Å². The summed E-state index contributed by atoms with van der Waals surface area (Å²) in [5, 5.41) is 25.5. The van der Waals surface area contributed by atoms with E-state index >= 15 is 0 Å². The Labute approximate surface area is 116 Å². The van der Waals surface area contributed by atoms with E-state index in [2.05, 4.69) is 10.6 Å². The minimum absolute atomic E-state index is 0.156. The van der Waals surface area contributed by atoms with Crippen molar-refractivity contribution in [3.63, 3.8) is 0 Å².